The standard InChI is InChI=1S/C16H25N3O2/c20-10-8-18-6-3-15-16(4-7-18)21-11-9-19(15)13-14-2-1-5-17-12-14/h1-2,5,12,15-16,20H,3-4,6-11,13H2/t15-,16-/m1/s1. The Bertz CT molecular complexity index is 429. The summed E-state index contributed by atoms with van der Waals surface area (Å²) in [5.41, 5.74) is 1.27. The molecule has 2 fully saturated rings. The minimum Gasteiger partial charge on any atom is -0.395 e. The quantitative estimate of drug-likeness (QED) is 0.887. The van der Waals surface area contributed by atoms with Gasteiger partial charge in [0.2, 0.25) is 0 Å². The molecule has 1 N–H and O–H groups in total. The molecule has 2 aliphatic heterocycles. The molecule has 21 heavy (non-hydrogen) atoms. The van der Waals surface area contributed by atoms with Crippen LogP contribution in [0.2, 0.25) is 0 Å². The SMILES string of the molecule is OCCN1CC[C@@H]2[C@@H](CC1)OCCN2Cc1cccnc1. The molecule has 0 aromatic carbocycles. The van der Waals surface area contributed by atoms with Gasteiger partial charge in [-0.05, 0) is 31.0 Å². The molecular formula is C16H25N3O2. The fourth-order valence-corrected chi connectivity index (χ4v) is 3.50. The molecule has 1 aromatic rings. The number of hydrogen-bond acceptors (Lipinski definition) is 5. The Morgan fingerprint density at radius 2 is 2.19 bits per heavy atom. The summed E-state index contributed by atoms with van der Waals surface area (Å²) in [6.45, 7) is 5.88. The van der Waals surface area contributed by atoms with E-state index in [1.165, 1.54) is 5.56 Å². The van der Waals surface area contributed by atoms with E-state index in [2.05, 4.69) is 20.9 Å². The Balaban J connectivity index is 1.65. The summed E-state index contributed by atoms with van der Waals surface area (Å²) >= 11 is 0. The van der Waals surface area contributed by atoms with Crippen molar-refractivity contribution in [2.24, 2.45) is 0 Å². The van der Waals surface area contributed by atoms with Crippen molar-refractivity contribution in [2.75, 3.05) is 39.4 Å². The molecule has 0 aliphatic carbocycles. The highest BCUT2D eigenvalue weighted by atomic mass is 16.5. The van der Waals surface area contributed by atoms with Crippen molar-refractivity contribution in [3.05, 3.63) is 30.1 Å². The van der Waals surface area contributed by atoms with Crippen LogP contribution in [0.1, 0.15) is 18.4 Å². The van der Waals surface area contributed by atoms with Crippen molar-refractivity contribution in [1.29, 1.82) is 0 Å². The Kier molecular flexibility index (Phi) is 5.19. The molecular weight excluding hydrogens is 266 g/mol. The summed E-state index contributed by atoms with van der Waals surface area (Å²) in [5.74, 6) is 0. The second kappa shape index (κ2) is 7.31. The van der Waals surface area contributed by atoms with Gasteiger partial charge in [0.15, 0.2) is 0 Å². The fraction of sp³-hybridized carbons (Fsp3) is 0.688. The zero-order valence-electron chi connectivity index (χ0n) is 12.5. The zero-order valence-corrected chi connectivity index (χ0v) is 12.5. The number of rotatable bonds is 4. The van der Waals surface area contributed by atoms with Crippen LogP contribution in [0.15, 0.2) is 24.5 Å². The number of nitrogens with zero attached hydrogens (tertiary/aromatic N) is 3. The first kappa shape index (κ1) is 14.9. The summed E-state index contributed by atoms with van der Waals surface area (Å²) in [6, 6.07) is 4.64. The lowest BCUT2D eigenvalue weighted by Crippen LogP contribution is -2.50. The van der Waals surface area contributed by atoms with Gasteiger partial charge in [-0.25, -0.2) is 0 Å². The summed E-state index contributed by atoms with van der Waals surface area (Å²) in [6.07, 6.45) is 6.29. The molecule has 5 heteroatoms. The summed E-state index contributed by atoms with van der Waals surface area (Å²) in [7, 11) is 0. The van der Waals surface area contributed by atoms with Gasteiger partial charge in [-0.2, -0.15) is 0 Å². The van der Waals surface area contributed by atoms with Gasteiger partial charge in [-0.1, -0.05) is 6.07 Å². The van der Waals surface area contributed by atoms with Crippen LogP contribution >= 0.6 is 0 Å². The van der Waals surface area contributed by atoms with Crippen LogP contribution in [-0.2, 0) is 11.3 Å². The molecule has 0 radical (unpaired) electrons. The minimum atomic E-state index is 0.246. The summed E-state index contributed by atoms with van der Waals surface area (Å²) < 4.78 is 6.01. The van der Waals surface area contributed by atoms with E-state index >= 15 is 0 Å². The molecule has 2 aliphatic rings. The average molecular weight is 291 g/mol. The van der Waals surface area contributed by atoms with Crippen LogP contribution in [0.3, 0.4) is 0 Å². The van der Waals surface area contributed by atoms with Gasteiger partial charge < -0.3 is 14.7 Å². The molecule has 0 bridgehead atoms. The number of ether oxygens (including phenoxy) is 1. The number of pyridine rings is 1. The van der Waals surface area contributed by atoms with Crippen LogP contribution in [0.25, 0.3) is 0 Å². The number of hydrogen-bond donors (Lipinski definition) is 1. The van der Waals surface area contributed by atoms with Crippen LogP contribution in [-0.4, -0.2) is 71.4 Å². The second-order valence-corrected chi connectivity index (χ2v) is 5.95. The third-order valence-electron chi connectivity index (χ3n) is 4.60. The van der Waals surface area contributed by atoms with E-state index in [0.717, 1.165) is 52.2 Å². The first-order valence-corrected chi connectivity index (χ1v) is 7.94. The Morgan fingerprint density at radius 1 is 1.29 bits per heavy atom. The summed E-state index contributed by atoms with van der Waals surface area (Å²) in [4.78, 5) is 9.12. The lowest BCUT2D eigenvalue weighted by Gasteiger charge is -2.40. The second-order valence-electron chi connectivity index (χ2n) is 5.95. The largest absolute Gasteiger partial charge is 0.395 e. The first-order valence-electron chi connectivity index (χ1n) is 7.94. The van der Waals surface area contributed by atoms with Crippen molar-refractivity contribution in [3.8, 4) is 0 Å². The Labute approximate surface area is 126 Å². The van der Waals surface area contributed by atoms with E-state index in [4.69, 9.17) is 9.84 Å². The maximum atomic E-state index is 9.13. The number of fused-ring (bicyclic) bond motifs is 1. The monoisotopic (exact) mass is 291 g/mol. The molecule has 116 valence electrons. The lowest BCUT2D eigenvalue weighted by molar-refractivity contribution is -0.0747. The smallest absolute Gasteiger partial charge is 0.0743 e. The lowest BCUT2D eigenvalue weighted by atomic mass is 10.0. The highest BCUT2D eigenvalue weighted by molar-refractivity contribution is 5.09. The molecule has 2 atom stereocenters. The molecule has 0 unspecified atom stereocenters. The van der Waals surface area contributed by atoms with Gasteiger partial charge in [0.1, 0.15) is 0 Å². The molecule has 2 saturated heterocycles. The summed E-state index contributed by atoms with van der Waals surface area (Å²) in [5, 5.41) is 9.13. The number of aliphatic hydroxyl groups is 1. The van der Waals surface area contributed by atoms with Crippen LogP contribution in [0.5, 0.6) is 0 Å². The number of likely N-dealkylation sites (tertiary alicyclic amines) is 1. The Hall–Kier alpha value is -1.01. The van der Waals surface area contributed by atoms with E-state index in [1.54, 1.807) is 0 Å². The van der Waals surface area contributed by atoms with Crippen molar-refractivity contribution >= 4 is 0 Å². The molecule has 3 rings (SSSR count). The Morgan fingerprint density at radius 3 is 3.00 bits per heavy atom. The molecule has 0 spiro atoms. The third-order valence-corrected chi connectivity index (χ3v) is 4.60. The number of morpholine rings is 1. The zero-order chi connectivity index (χ0) is 14.5. The maximum absolute atomic E-state index is 9.13. The third kappa shape index (κ3) is 3.80. The highest BCUT2D eigenvalue weighted by Gasteiger charge is 2.34. The maximum Gasteiger partial charge on any atom is 0.0743 e. The van der Waals surface area contributed by atoms with Gasteiger partial charge in [0.25, 0.3) is 0 Å². The van der Waals surface area contributed by atoms with Crippen molar-refractivity contribution in [1.82, 2.24) is 14.8 Å². The minimum absolute atomic E-state index is 0.246. The van der Waals surface area contributed by atoms with Crippen LogP contribution < -0.4 is 0 Å². The van der Waals surface area contributed by atoms with Crippen molar-refractivity contribution in [2.45, 2.75) is 31.5 Å². The normalized spacial score (nSPS) is 28.0. The highest BCUT2D eigenvalue weighted by Crippen LogP contribution is 2.25. The van der Waals surface area contributed by atoms with Gasteiger partial charge >= 0.3 is 0 Å². The number of aliphatic hydroxyl groups excluding tert-OH is 1. The fourth-order valence-electron chi connectivity index (χ4n) is 3.50. The van der Waals surface area contributed by atoms with E-state index in [1.807, 2.05) is 18.5 Å². The van der Waals surface area contributed by atoms with E-state index in [9.17, 15) is 0 Å². The molecule has 0 saturated carbocycles. The van der Waals surface area contributed by atoms with E-state index < -0.39 is 0 Å². The topological polar surface area (TPSA) is 48.8 Å². The van der Waals surface area contributed by atoms with Gasteiger partial charge in [0.05, 0.1) is 19.3 Å². The van der Waals surface area contributed by atoms with E-state index in [0.29, 0.717) is 12.1 Å². The molecule has 1 aromatic heterocycles. The van der Waals surface area contributed by atoms with Crippen LogP contribution in [0, 0.1) is 0 Å². The molecule has 3 heterocycles. The van der Waals surface area contributed by atoms with Gasteiger partial charge in [0, 0.05) is 44.6 Å². The number of aromatic nitrogens is 1. The molecule has 5 nitrogen and oxygen atoms in total. The first-order chi connectivity index (χ1) is 10.4. The number of β-amino-alcohol motifs (C(OH)–C–C–N with tert-alkyl or cyclic N) is 1. The van der Waals surface area contributed by atoms with Crippen LogP contribution in [0.4, 0.5) is 0 Å². The van der Waals surface area contributed by atoms with Gasteiger partial charge in [-0.15, -0.1) is 0 Å². The molecule has 0 amide bonds. The predicted molar refractivity (Wildman–Crippen MR) is 80.9 cm³/mol. The average Bonchev–Trinajstić information content (AvgIpc) is 2.72. The predicted octanol–water partition coefficient (Wildman–Crippen LogP) is 0.739. The van der Waals surface area contributed by atoms with E-state index in [-0.39, 0.29) is 6.61 Å². The van der Waals surface area contributed by atoms with Crippen molar-refractivity contribution in [3.63, 3.8) is 0 Å². The van der Waals surface area contributed by atoms with Crippen molar-refractivity contribution < 1.29 is 9.84 Å². The van der Waals surface area contributed by atoms with Gasteiger partial charge in [-0.3, -0.25) is 9.88 Å².